The predicted molar refractivity (Wildman–Crippen MR) is 61.1 cm³/mol. The summed E-state index contributed by atoms with van der Waals surface area (Å²) in [5.74, 6) is -0.761. The monoisotopic (exact) mass is 244 g/mol. The Morgan fingerprint density at radius 1 is 1.62 bits per heavy atom. The summed E-state index contributed by atoms with van der Waals surface area (Å²) in [4.78, 5) is 15.2. The normalized spacial score (nSPS) is 12.2. The van der Waals surface area contributed by atoms with E-state index in [0.717, 1.165) is 12.6 Å². The molecule has 1 heterocycles. The number of aromatic nitrogens is 1. The third kappa shape index (κ3) is 4.14. The van der Waals surface area contributed by atoms with Gasteiger partial charge in [-0.2, -0.15) is 0 Å². The second-order valence-corrected chi connectivity index (χ2v) is 4.03. The van der Waals surface area contributed by atoms with E-state index in [4.69, 9.17) is 11.6 Å². The van der Waals surface area contributed by atoms with Crippen LogP contribution in [0.3, 0.4) is 0 Å². The van der Waals surface area contributed by atoms with Crippen LogP contribution in [0.4, 0.5) is 4.39 Å². The quantitative estimate of drug-likeness (QED) is 0.808. The van der Waals surface area contributed by atoms with E-state index in [1.54, 1.807) is 0 Å². The molecule has 1 rings (SSSR count). The molecule has 3 nitrogen and oxygen atoms in total. The van der Waals surface area contributed by atoms with Crippen LogP contribution in [-0.4, -0.2) is 22.8 Å². The first-order chi connectivity index (χ1) is 7.63. The van der Waals surface area contributed by atoms with Crippen LogP contribution in [0.1, 0.15) is 30.3 Å². The molecule has 0 aromatic carbocycles. The topological polar surface area (TPSA) is 42.0 Å². The average Bonchev–Trinajstić information content (AvgIpc) is 2.29. The van der Waals surface area contributed by atoms with E-state index < -0.39 is 5.82 Å². The zero-order valence-corrected chi connectivity index (χ0v) is 9.80. The number of halogens is 2. The molecule has 1 aromatic heterocycles. The van der Waals surface area contributed by atoms with Crippen LogP contribution in [0.15, 0.2) is 18.3 Å². The van der Waals surface area contributed by atoms with Crippen LogP contribution >= 0.6 is 11.6 Å². The smallest absolute Gasteiger partial charge is 0.269 e. The van der Waals surface area contributed by atoms with Crippen molar-refractivity contribution in [3.8, 4) is 0 Å². The largest absolute Gasteiger partial charge is 0.351 e. The molecule has 0 bridgehead atoms. The highest BCUT2D eigenvalue weighted by Crippen LogP contribution is 2.05. The molecule has 1 N–H and O–H groups in total. The molecule has 1 unspecified atom stereocenters. The highest BCUT2D eigenvalue weighted by molar-refractivity contribution is 6.20. The predicted octanol–water partition coefficient (Wildman–Crippen LogP) is 2.36. The van der Waals surface area contributed by atoms with Crippen molar-refractivity contribution in [3.63, 3.8) is 0 Å². The van der Waals surface area contributed by atoms with E-state index in [-0.39, 0.29) is 17.0 Å². The van der Waals surface area contributed by atoms with Crippen LogP contribution < -0.4 is 5.32 Å². The van der Waals surface area contributed by atoms with Crippen molar-refractivity contribution < 1.29 is 9.18 Å². The van der Waals surface area contributed by atoms with Crippen molar-refractivity contribution in [1.29, 1.82) is 0 Å². The fraction of sp³-hybridized carbons (Fsp3) is 0.455. The summed E-state index contributed by atoms with van der Waals surface area (Å²) in [6.07, 6.45) is 2.60. The van der Waals surface area contributed by atoms with E-state index >= 15 is 0 Å². The van der Waals surface area contributed by atoms with Gasteiger partial charge in [0.05, 0.1) is 6.20 Å². The fourth-order valence-corrected chi connectivity index (χ4v) is 1.26. The SMILES string of the molecule is CCC(Cl)CCNC(=O)c1ccc(F)cn1. The molecule has 1 amide bonds. The molecule has 0 radical (unpaired) electrons. The van der Waals surface area contributed by atoms with E-state index in [0.29, 0.717) is 13.0 Å². The maximum Gasteiger partial charge on any atom is 0.269 e. The molecule has 0 aliphatic heterocycles. The average molecular weight is 245 g/mol. The Bertz CT molecular complexity index is 342. The molecule has 1 aromatic rings. The van der Waals surface area contributed by atoms with Gasteiger partial charge in [-0.05, 0) is 25.0 Å². The van der Waals surface area contributed by atoms with Crippen molar-refractivity contribution in [2.75, 3.05) is 6.54 Å². The van der Waals surface area contributed by atoms with E-state index in [1.165, 1.54) is 12.1 Å². The van der Waals surface area contributed by atoms with Gasteiger partial charge in [0.1, 0.15) is 11.5 Å². The molecule has 16 heavy (non-hydrogen) atoms. The molecule has 0 spiro atoms. The molecule has 0 aliphatic carbocycles. The van der Waals surface area contributed by atoms with E-state index in [2.05, 4.69) is 10.3 Å². The number of pyridine rings is 1. The van der Waals surface area contributed by atoms with Crippen molar-refractivity contribution in [2.45, 2.75) is 25.1 Å². The van der Waals surface area contributed by atoms with Crippen molar-refractivity contribution in [3.05, 3.63) is 29.8 Å². The summed E-state index contributed by atoms with van der Waals surface area (Å²) in [5.41, 5.74) is 0.212. The first kappa shape index (κ1) is 12.9. The molecule has 0 aliphatic rings. The molecule has 0 saturated heterocycles. The lowest BCUT2D eigenvalue weighted by atomic mass is 10.2. The van der Waals surface area contributed by atoms with Crippen molar-refractivity contribution in [1.82, 2.24) is 10.3 Å². The lowest BCUT2D eigenvalue weighted by molar-refractivity contribution is 0.0948. The Labute approximate surface area is 99.0 Å². The van der Waals surface area contributed by atoms with Gasteiger partial charge in [0.25, 0.3) is 5.91 Å². The second kappa shape index (κ2) is 6.43. The summed E-state index contributed by atoms with van der Waals surface area (Å²) < 4.78 is 12.5. The summed E-state index contributed by atoms with van der Waals surface area (Å²) in [6, 6.07) is 2.56. The summed E-state index contributed by atoms with van der Waals surface area (Å²) in [7, 11) is 0. The summed E-state index contributed by atoms with van der Waals surface area (Å²) in [5, 5.41) is 2.75. The maximum absolute atomic E-state index is 12.5. The van der Waals surface area contributed by atoms with Crippen LogP contribution in [0.2, 0.25) is 0 Å². The van der Waals surface area contributed by atoms with Crippen LogP contribution in [0.25, 0.3) is 0 Å². The van der Waals surface area contributed by atoms with E-state index in [9.17, 15) is 9.18 Å². The third-order valence-corrected chi connectivity index (χ3v) is 2.67. The minimum Gasteiger partial charge on any atom is -0.351 e. The minimum absolute atomic E-state index is 0.0708. The maximum atomic E-state index is 12.5. The third-order valence-electron chi connectivity index (χ3n) is 2.15. The van der Waals surface area contributed by atoms with Crippen molar-refractivity contribution >= 4 is 17.5 Å². The number of rotatable bonds is 5. The van der Waals surface area contributed by atoms with Gasteiger partial charge < -0.3 is 5.32 Å². The summed E-state index contributed by atoms with van der Waals surface area (Å²) >= 11 is 5.90. The van der Waals surface area contributed by atoms with Gasteiger partial charge >= 0.3 is 0 Å². The Morgan fingerprint density at radius 2 is 2.38 bits per heavy atom. The fourth-order valence-electron chi connectivity index (χ4n) is 1.15. The number of carbonyl (C=O) groups excluding carboxylic acids is 1. The number of carbonyl (C=O) groups is 1. The first-order valence-electron chi connectivity index (χ1n) is 5.17. The zero-order chi connectivity index (χ0) is 12.0. The number of hydrogen-bond donors (Lipinski definition) is 1. The first-order valence-corrected chi connectivity index (χ1v) is 5.61. The van der Waals surface area contributed by atoms with Gasteiger partial charge in [0.2, 0.25) is 0 Å². The Morgan fingerprint density at radius 3 is 2.94 bits per heavy atom. The van der Waals surface area contributed by atoms with Gasteiger partial charge in [0, 0.05) is 11.9 Å². The number of nitrogens with zero attached hydrogens (tertiary/aromatic N) is 1. The molecule has 0 fully saturated rings. The van der Waals surface area contributed by atoms with Gasteiger partial charge in [-0.15, -0.1) is 11.6 Å². The lowest BCUT2D eigenvalue weighted by Gasteiger charge is -2.07. The van der Waals surface area contributed by atoms with E-state index in [1.807, 2.05) is 6.92 Å². The zero-order valence-electron chi connectivity index (χ0n) is 9.04. The van der Waals surface area contributed by atoms with Gasteiger partial charge in [0.15, 0.2) is 0 Å². The number of amides is 1. The molecule has 0 saturated carbocycles. The molecule has 88 valence electrons. The Hall–Kier alpha value is -1.16. The number of nitrogens with one attached hydrogen (secondary N) is 1. The highest BCUT2D eigenvalue weighted by atomic mass is 35.5. The summed E-state index contributed by atoms with van der Waals surface area (Å²) in [6.45, 7) is 2.49. The standard InChI is InChI=1S/C11H14ClFN2O/c1-2-8(12)5-6-14-11(16)10-4-3-9(13)7-15-10/h3-4,7-8H,2,5-6H2,1H3,(H,14,16). The Kier molecular flexibility index (Phi) is 5.19. The van der Waals surface area contributed by atoms with Gasteiger partial charge in [-0.3, -0.25) is 4.79 Å². The lowest BCUT2D eigenvalue weighted by Crippen LogP contribution is -2.26. The van der Waals surface area contributed by atoms with Crippen molar-refractivity contribution in [2.24, 2.45) is 0 Å². The molecule has 1 atom stereocenters. The van der Waals surface area contributed by atoms with Crippen LogP contribution in [0, 0.1) is 5.82 Å². The van der Waals surface area contributed by atoms with Gasteiger partial charge in [-0.1, -0.05) is 6.92 Å². The van der Waals surface area contributed by atoms with Crippen LogP contribution in [-0.2, 0) is 0 Å². The molecule has 5 heteroatoms. The highest BCUT2D eigenvalue weighted by Gasteiger charge is 2.07. The number of hydrogen-bond acceptors (Lipinski definition) is 2. The minimum atomic E-state index is -0.455. The van der Waals surface area contributed by atoms with Crippen LogP contribution in [0.5, 0.6) is 0 Å². The molecular formula is C11H14ClFN2O. The molecular weight excluding hydrogens is 231 g/mol. The number of alkyl halides is 1. The second-order valence-electron chi connectivity index (χ2n) is 3.41. The van der Waals surface area contributed by atoms with Gasteiger partial charge in [-0.25, -0.2) is 9.37 Å². The Balaban J connectivity index is 2.38.